The Labute approximate surface area is 215 Å². The van der Waals surface area contributed by atoms with Gasteiger partial charge in [-0.1, -0.05) is 42.8 Å². The zero-order valence-electron chi connectivity index (χ0n) is 20.0. The fourth-order valence-electron chi connectivity index (χ4n) is 3.41. The van der Waals surface area contributed by atoms with Gasteiger partial charge in [-0.3, -0.25) is 13.9 Å². The number of rotatable bonds is 9. The molecule has 2 aromatic rings. The molecule has 1 N–H and O–H groups in total. The van der Waals surface area contributed by atoms with Gasteiger partial charge < -0.3 is 10.2 Å². The van der Waals surface area contributed by atoms with E-state index in [4.69, 9.17) is 11.6 Å². The summed E-state index contributed by atoms with van der Waals surface area (Å²) < 4.78 is 26.9. The van der Waals surface area contributed by atoms with Gasteiger partial charge in [-0.25, -0.2) is 8.42 Å². The van der Waals surface area contributed by atoms with Crippen molar-refractivity contribution in [3.63, 3.8) is 0 Å². The summed E-state index contributed by atoms with van der Waals surface area (Å²) in [5.41, 5.74) is 0.622. The minimum absolute atomic E-state index is 0.125. The number of halogens is 2. The summed E-state index contributed by atoms with van der Waals surface area (Å²) in [6.45, 7) is 7.08. The van der Waals surface area contributed by atoms with Crippen molar-refractivity contribution in [1.29, 1.82) is 0 Å². The van der Waals surface area contributed by atoms with E-state index in [-0.39, 0.29) is 12.5 Å². The Hall–Kier alpha value is -2.10. The number of amides is 2. The number of hydrogen-bond acceptors (Lipinski definition) is 4. The van der Waals surface area contributed by atoms with Crippen LogP contribution in [-0.4, -0.2) is 49.5 Å². The number of para-hydroxylation sites is 1. The van der Waals surface area contributed by atoms with Crippen LogP contribution in [0, 0.1) is 0 Å². The second-order valence-electron chi connectivity index (χ2n) is 9.03. The highest BCUT2D eigenvalue weighted by atomic mass is 79.9. The second kappa shape index (κ2) is 11.6. The molecule has 186 valence electrons. The average Bonchev–Trinajstić information content (AvgIpc) is 2.71. The van der Waals surface area contributed by atoms with Crippen LogP contribution in [-0.2, 0) is 26.2 Å². The van der Waals surface area contributed by atoms with Crippen LogP contribution in [0.5, 0.6) is 0 Å². The molecule has 2 aromatic carbocycles. The Morgan fingerprint density at radius 3 is 2.18 bits per heavy atom. The summed E-state index contributed by atoms with van der Waals surface area (Å²) >= 11 is 9.37. The lowest BCUT2D eigenvalue weighted by Gasteiger charge is -2.34. The van der Waals surface area contributed by atoms with E-state index in [1.54, 1.807) is 48.5 Å². The van der Waals surface area contributed by atoms with Gasteiger partial charge in [0.1, 0.15) is 12.6 Å². The van der Waals surface area contributed by atoms with E-state index in [0.717, 1.165) is 16.1 Å². The zero-order valence-corrected chi connectivity index (χ0v) is 23.2. The van der Waals surface area contributed by atoms with Crippen molar-refractivity contribution >= 4 is 55.1 Å². The summed E-state index contributed by atoms with van der Waals surface area (Å²) in [5, 5.41) is 3.48. The minimum atomic E-state index is -3.79. The van der Waals surface area contributed by atoms with Crippen molar-refractivity contribution in [3.05, 3.63) is 63.6 Å². The highest BCUT2D eigenvalue weighted by Gasteiger charge is 2.33. The number of carbonyl (C=O) groups is 2. The van der Waals surface area contributed by atoms with Crippen molar-refractivity contribution in [2.45, 2.75) is 52.2 Å². The van der Waals surface area contributed by atoms with Crippen LogP contribution in [0.25, 0.3) is 0 Å². The molecule has 0 aromatic heterocycles. The van der Waals surface area contributed by atoms with Gasteiger partial charge in [-0.15, -0.1) is 0 Å². The van der Waals surface area contributed by atoms with E-state index < -0.39 is 34.1 Å². The van der Waals surface area contributed by atoms with Gasteiger partial charge in [0.15, 0.2) is 0 Å². The van der Waals surface area contributed by atoms with Crippen molar-refractivity contribution < 1.29 is 18.0 Å². The quantitative estimate of drug-likeness (QED) is 0.476. The Balaban J connectivity index is 2.46. The molecule has 10 heteroatoms. The SMILES string of the molecule is CCC(C(=O)NC(C)(C)C)N(Cc1ccc(Cl)cc1)C(=O)CN(c1ccccc1Br)S(C)(=O)=O. The largest absolute Gasteiger partial charge is 0.350 e. The molecule has 1 unspecified atom stereocenters. The standard InChI is InChI=1S/C24H31BrClN3O4S/c1-6-20(23(31)27-24(2,3)4)28(15-17-11-13-18(26)14-12-17)22(30)16-29(34(5,32)33)21-10-8-7-9-19(21)25/h7-14,20H,6,15-16H2,1-5H3,(H,27,31). The van der Waals surface area contributed by atoms with Crippen molar-refractivity contribution in [2.24, 2.45) is 0 Å². The third kappa shape index (κ3) is 7.99. The molecule has 0 saturated heterocycles. The van der Waals surface area contributed by atoms with E-state index in [1.807, 2.05) is 27.7 Å². The van der Waals surface area contributed by atoms with Crippen LogP contribution in [0.4, 0.5) is 5.69 Å². The van der Waals surface area contributed by atoms with Gasteiger partial charge in [-0.2, -0.15) is 0 Å². The maximum Gasteiger partial charge on any atom is 0.244 e. The summed E-state index contributed by atoms with van der Waals surface area (Å²) in [5.74, 6) is -0.795. The predicted octanol–water partition coefficient (Wildman–Crippen LogP) is 4.59. The molecule has 0 aliphatic heterocycles. The molecule has 0 spiro atoms. The topological polar surface area (TPSA) is 86.8 Å². The van der Waals surface area contributed by atoms with E-state index in [0.29, 0.717) is 21.6 Å². The maximum atomic E-state index is 13.6. The smallest absolute Gasteiger partial charge is 0.244 e. The molecule has 0 heterocycles. The van der Waals surface area contributed by atoms with Gasteiger partial charge in [0.25, 0.3) is 0 Å². The lowest BCUT2D eigenvalue weighted by molar-refractivity contribution is -0.141. The van der Waals surface area contributed by atoms with E-state index in [9.17, 15) is 18.0 Å². The van der Waals surface area contributed by atoms with Crippen molar-refractivity contribution in [1.82, 2.24) is 10.2 Å². The first kappa shape index (κ1) is 28.1. The number of nitrogens with zero attached hydrogens (tertiary/aromatic N) is 2. The van der Waals surface area contributed by atoms with Gasteiger partial charge >= 0.3 is 0 Å². The predicted molar refractivity (Wildman–Crippen MR) is 140 cm³/mol. The molecular weight excluding hydrogens is 542 g/mol. The van der Waals surface area contributed by atoms with Crippen LogP contribution in [0.2, 0.25) is 5.02 Å². The lowest BCUT2D eigenvalue weighted by Crippen LogP contribution is -2.55. The Kier molecular flexibility index (Phi) is 9.56. The first-order valence-corrected chi connectivity index (χ1v) is 13.8. The number of nitrogens with one attached hydrogen (secondary N) is 1. The Bertz CT molecular complexity index is 1120. The molecule has 0 saturated carbocycles. The molecule has 2 rings (SSSR count). The van der Waals surface area contributed by atoms with Gasteiger partial charge in [-0.05, 0) is 73.0 Å². The third-order valence-corrected chi connectivity index (χ3v) is 7.00. The molecule has 0 aliphatic carbocycles. The van der Waals surface area contributed by atoms with Crippen LogP contribution in [0.15, 0.2) is 53.0 Å². The summed E-state index contributed by atoms with van der Waals surface area (Å²) in [6.07, 6.45) is 1.40. The van der Waals surface area contributed by atoms with E-state index in [2.05, 4.69) is 21.2 Å². The van der Waals surface area contributed by atoms with E-state index >= 15 is 0 Å². The maximum absolute atomic E-state index is 13.6. The molecule has 0 aliphatic rings. The van der Waals surface area contributed by atoms with Gasteiger partial charge in [0.2, 0.25) is 21.8 Å². The minimum Gasteiger partial charge on any atom is -0.350 e. The third-order valence-electron chi connectivity index (χ3n) is 4.95. The normalized spacial score (nSPS) is 12.7. The van der Waals surface area contributed by atoms with Crippen molar-refractivity contribution in [3.8, 4) is 0 Å². The van der Waals surface area contributed by atoms with Crippen molar-refractivity contribution in [2.75, 3.05) is 17.1 Å². The van der Waals surface area contributed by atoms with Crippen LogP contribution < -0.4 is 9.62 Å². The fraction of sp³-hybridized carbons (Fsp3) is 0.417. The summed E-state index contributed by atoms with van der Waals surface area (Å²) in [6, 6.07) is 13.0. The zero-order chi connectivity index (χ0) is 25.7. The van der Waals surface area contributed by atoms with Gasteiger partial charge in [0.05, 0.1) is 11.9 Å². The average molecular weight is 573 g/mol. The molecule has 0 fully saturated rings. The van der Waals surface area contributed by atoms with E-state index in [1.165, 1.54) is 4.90 Å². The first-order chi connectivity index (χ1) is 15.7. The van der Waals surface area contributed by atoms with Crippen LogP contribution in [0.3, 0.4) is 0 Å². The lowest BCUT2D eigenvalue weighted by atomic mass is 10.1. The summed E-state index contributed by atoms with van der Waals surface area (Å²) in [7, 11) is -3.79. The molecule has 0 radical (unpaired) electrons. The monoisotopic (exact) mass is 571 g/mol. The number of hydrogen-bond donors (Lipinski definition) is 1. The Morgan fingerprint density at radius 2 is 1.68 bits per heavy atom. The highest BCUT2D eigenvalue weighted by molar-refractivity contribution is 9.10. The molecule has 7 nitrogen and oxygen atoms in total. The summed E-state index contributed by atoms with van der Waals surface area (Å²) in [4.78, 5) is 28.2. The highest BCUT2D eigenvalue weighted by Crippen LogP contribution is 2.28. The molecule has 1 atom stereocenters. The molecule has 34 heavy (non-hydrogen) atoms. The molecule has 2 amide bonds. The molecule has 0 bridgehead atoms. The number of carbonyl (C=O) groups excluding carboxylic acids is 2. The second-order valence-corrected chi connectivity index (χ2v) is 12.2. The number of anilines is 1. The number of sulfonamides is 1. The first-order valence-electron chi connectivity index (χ1n) is 10.8. The van der Waals surface area contributed by atoms with Crippen LogP contribution in [0.1, 0.15) is 39.7 Å². The Morgan fingerprint density at radius 1 is 1.09 bits per heavy atom. The van der Waals surface area contributed by atoms with Gasteiger partial charge in [0, 0.05) is 21.6 Å². The van der Waals surface area contributed by atoms with Crippen LogP contribution >= 0.6 is 27.5 Å². The number of benzene rings is 2. The molecular formula is C24H31BrClN3O4S. The fourth-order valence-corrected chi connectivity index (χ4v) is 5.01.